The summed E-state index contributed by atoms with van der Waals surface area (Å²) in [6.45, 7) is 0.108. The number of rotatable bonds is 5. The van der Waals surface area contributed by atoms with Crippen LogP contribution in [0.25, 0.3) is 0 Å². The molecule has 11 heavy (non-hydrogen) atoms. The molecule has 2 N–H and O–H groups in total. The first kappa shape index (κ1) is 9.61. The maximum Gasteiger partial charge on any atom is 0.305 e. The summed E-state index contributed by atoms with van der Waals surface area (Å²) in [7, 11) is 0. The summed E-state index contributed by atoms with van der Waals surface area (Å²) in [6, 6.07) is 0. The quantitative estimate of drug-likeness (QED) is 0.340. The number of aliphatic carboxylic acids is 1. The molecule has 0 radical (unpaired) electrons. The minimum Gasteiger partial charge on any atom is -0.481 e. The summed E-state index contributed by atoms with van der Waals surface area (Å²) in [5.74, 6) is -1.92. The van der Waals surface area contributed by atoms with E-state index < -0.39 is 11.8 Å². The zero-order valence-electron chi connectivity index (χ0n) is 5.71. The van der Waals surface area contributed by atoms with Crippen LogP contribution in [-0.4, -0.2) is 23.9 Å². The summed E-state index contributed by atoms with van der Waals surface area (Å²) >= 11 is 0. The first-order valence-electron chi connectivity index (χ1n) is 2.93. The lowest BCUT2D eigenvalue weighted by molar-refractivity contribution is -0.136. The summed E-state index contributed by atoms with van der Waals surface area (Å²) in [4.78, 5) is 19.5. The predicted octanol–water partition coefficient (Wildman–Crippen LogP) is 0.0605. The van der Waals surface area contributed by atoms with E-state index in [0.29, 0.717) is 0 Å². The topological polar surface area (TPSA) is 66.4 Å². The van der Waals surface area contributed by atoms with E-state index in [4.69, 9.17) is 5.11 Å². The molecule has 0 amide bonds. The largest absolute Gasteiger partial charge is 0.481 e. The molecule has 0 aliphatic carbocycles. The highest BCUT2D eigenvalue weighted by Crippen LogP contribution is 1.86. The maximum atomic E-state index is 11.9. The Balaban J connectivity index is 3.41. The van der Waals surface area contributed by atoms with Crippen LogP contribution in [0.2, 0.25) is 0 Å². The lowest BCUT2D eigenvalue weighted by Crippen LogP contribution is -2.12. The standard InChI is InChI=1S/C6H8FNO3/c7-5(4-9)3-8-2-1-6(10)11/h3-4,8H,1-2H2,(H,10,11)/b5-3+. The van der Waals surface area contributed by atoms with E-state index in [1.807, 2.05) is 0 Å². The lowest BCUT2D eigenvalue weighted by Gasteiger charge is -1.94. The van der Waals surface area contributed by atoms with Gasteiger partial charge in [-0.2, -0.15) is 0 Å². The minimum absolute atomic E-state index is 0.0355. The van der Waals surface area contributed by atoms with Gasteiger partial charge in [-0.05, 0) is 0 Å². The third-order valence-corrected chi connectivity index (χ3v) is 0.836. The highest BCUT2D eigenvalue weighted by atomic mass is 19.1. The van der Waals surface area contributed by atoms with Crippen molar-refractivity contribution in [2.45, 2.75) is 6.42 Å². The van der Waals surface area contributed by atoms with Crippen LogP contribution in [0.1, 0.15) is 6.42 Å². The molecule has 5 heteroatoms. The van der Waals surface area contributed by atoms with E-state index in [2.05, 4.69) is 5.32 Å². The molecule has 0 saturated heterocycles. The molecule has 0 heterocycles. The first-order valence-corrected chi connectivity index (χ1v) is 2.93. The molecule has 0 unspecified atom stereocenters. The van der Waals surface area contributed by atoms with Gasteiger partial charge in [0.15, 0.2) is 12.1 Å². The normalized spacial score (nSPS) is 10.8. The van der Waals surface area contributed by atoms with Gasteiger partial charge in [0.1, 0.15) is 0 Å². The molecule has 4 nitrogen and oxygen atoms in total. The Bertz CT molecular complexity index is 179. The Hall–Kier alpha value is -1.39. The molecule has 0 aliphatic rings. The number of nitrogens with one attached hydrogen (secondary N) is 1. The third-order valence-electron chi connectivity index (χ3n) is 0.836. The molecule has 0 bridgehead atoms. The van der Waals surface area contributed by atoms with Gasteiger partial charge in [-0.25, -0.2) is 4.39 Å². The van der Waals surface area contributed by atoms with E-state index in [9.17, 15) is 14.0 Å². The van der Waals surface area contributed by atoms with Crippen molar-refractivity contribution in [3.63, 3.8) is 0 Å². The van der Waals surface area contributed by atoms with Crippen LogP contribution in [0.4, 0.5) is 4.39 Å². The van der Waals surface area contributed by atoms with E-state index in [0.717, 1.165) is 6.20 Å². The zero-order chi connectivity index (χ0) is 8.69. The van der Waals surface area contributed by atoms with Crippen molar-refractivity contribution < 1.29 is 19.1 Å². The number of hydrogen-bond acceptors (Lipinski definition) is 3. The summed E-state index contributed by atoms with van der Waals surface area (Å²) in [6.07, 6.45) is 0.756. The van der Waals surface area contributed by atoms with Crippen LogP contribution in [0.3, 0.4) is 0 Å². The fraction of sp³-hybridized carbons (Fsp3) is 0.333. The molecule has 0 aliphatic heterocycles. The van der Waals surface area contributed by atoms with Gasteiger partial charge in [-0.1, -0.05) is 0 Å². The van der Waals surface area contributed by atoms with Crippen molar-refractivity contribution in [2.75, 3.05) is 6.54 Å². The molecule has 0 atom stereocenters. The van der Waals surface area contributed by atoms with Crippen LogP contribution in [0, 0.1) is 0 Å². The molecule has 0 aromatic heterocycles. The Morgan fingerprint density at radius 3 is 2.73 bits per heavy atom. The van der Waals surface area contributed by atoms with E-state index in [1.54, 1.807) is 0 Å². The molecule has 0 spiro atoms. The van der Waals surface area contributed by atoms with Crippen LogP contribution >= 0.6 is 0 Å². The maximum absolute atomic E-state index is 11.9. The smallest absolute Gasteiger partial charge is 0.305 e. The fourth-order valence-corrected chi connectivity index (χ4v) is 0.383. The number of hydrogen-bond donors (Lipinski definition) is 2. The molecule has 0 fully saturated rings. The number of halogens is 1. The number of carboxylic acids is 1. The van der Waals surface area contributed by atoms with Crippen molar-refractivity contribution in [1.82, 2.24) is 5.32 Å². The van der Waals surface area contributed by atoms with Crippen LogP contribution in [-0.2, 0) is 9.59 Å². The van der Waals surface area contributed by atoms with E-state index in [1.165, 1.54) is 0 Å². The Kier molecular flexibility index (Phi) is 4.72. The molecule has 0 rings (SSSR count). The van der Waals surface area contributed by atoms with Crippen molar-refractivity contribution in [2.24, 2.45) is 0 Å². The Morgan fingerprint density at radius 2 is 2.27 bits per heavy atom. The number of allylic oxidation sites excluding steroid dienone is 1. The van der Waals surface area contributed by atoms with Gasteiger partial charge in [-0.3, -0.25) is 9.59 Å². The van der Waals surface area contributed by atoms with Crippen molar-refractivity contribution >= 4 is 12.3 Å². The fourth-order valence-electron chi connectivity index (χ4n) is 0.383. The second-order valence-electron chi connectivity index (χ2n) is 1.74. The van der Waals surface area contributed by atoms with Gasteiger partial charge < -0.3 is 10.4 Å². The van der Waals surface area contributed by atoms with Crippen molar-refractivity contribution in [1.29, 1.82) is 0 Å². The first-order chi connectivity index (χ1) is 5.16. The molecular weight excluding hydrogens is 153 g/mol. The average molecular weight is 161 g/mol. The van der Waals surface area contributed by atoms with Crippen molar-refractivity contribution in [3.8, 4) is 0 Å². The lowest BCUT2D eigenvalue weighted by atomic mass is 10.4. The number of carboxylic acid groups (broad SMARTS) is 1. The third kappa shape index (κ3) is 6.50. The monoisotopic (exact) mass is 161 g/mol. The predicted molar refractivity (Wildman–Crippen MR) is 35.5 cm³/mol. The summed E-state index contributed by atoms with van der Waals surface area (Å²) < 4.78 is 11.9. The van der Waals surface area contributed by atoms with Gasteiger partial charge in [0.2, 0.25) is 0 Å². The SMILES string of the molecule is O=C/C(F)=C\NCCC(=O)O. The van der Waals surface area contributed by atoms with Gasteiger partial charge in [-0.15, -0.1) is 0 Å². The zero-order valence-corrected chi connectivity index (χ0v) is 5.71. The number of carbonyl (C=O) groups is 2. The van der Waals surface area contributed by atoms with Crippen LogP contribution in [0.15, 0.2) is 12.0 Å². The highest BCUT2D eigenvalue weighted by Gasteiger charge is 1.93. The summed E-state index contributed by atoms with van der Waals surface area (Å²) in [5.41, 5.74) is 0. The molecule has 0 saturated carbocycles. The summed E-state index contributed by atoms with van der Waals surface area (Å²) in [5, 5.41) is 10.4. The Morgan fingerprint density at radius 1 is 1.64 bits per heavy atom. The molecular formula is C6H8FNO3. The molecule has 0 aromatic rings. The average Bonchev–Trinajstić information content (AvgIpc) is 1.97. The second kappa shape index (κ2) is 5.40. The molecule has 0 aromatic carbocycles. The van der Waals surface area contributed by atoms with Crippen LogP contribution in [0.5, 0.6) is 0 Å². The van der Waals surface area contributed by atoms with Crippen molar-refractivity contribution in [3.05, 3.63) is 12.0 Å². The minimum atomic E-state index is -0.975. The van der Waals surface area contributed by atoms with E-state index in [-0.39, 0.29) is 19.3 Å². The van der Waals surface area contributed by atoms with E-state index >= 15 is 0 Å². The number of carbonyl (C=O) groups excluding carboxylic acids is 1. The molecule has 62 valence electrons. The Labute approximate surface area is 62.7 Å². The van der Waals surface area contributed by atoms with Gasteiger partial charge in [0.25, 0.3) is 0 Å². The number of aldehydes is 1. The van der Waals surface area contributed by atoms with Gasteiger partial charge in [0, 0.05) is 12.7 Å². The second-order valence-corrected chi connectivity index (χ2v) is 1.74. The van der Waals surface area contributed by atoms with Gasteiger partial charge in [0.05, 0.1) is 6.42 Å². The highest BCUT2D eigenvalue weighted by molar-refractivity contribution is 5.69. The van der Waals surface area contributed by atoms with Gasteiger partial charge >= 0.3 is 5.97 Å². The van der Waals surface area contributed by atoms with Crippen LogP contribution < -0.4 is 5.32 Å².